The van der Waals surface area contributed by atoms with Crippen molar-refractivity contribution >= 4 is 38.3 Å². The molecule has 4 nitrogen and oxygen atoms in total. The molecule has 0 saturated heterocycles. The Bertz CT molecular complexity index is 1160. The van der Waals surface area contributed by atoms with E-state index >= 15 is 0 Å². The first-order valence-corrected chi connectivity index (χ1v) is 8.95. The van der Waals surface area contributed by atoms with Gasteiger partial charge in [-0.25, -0.2) is 4.40 Å². The number of aromatic nitrogens is 3. The summed E-state index contributed by atoms with van der Waals surface area (Å²) in [4.78, 5) is 13.4. The molecule has 2 aromatic carbocycles. The van der Waals surface area contributed by atoms with E-state index in [4.69, 9.17) is 0 Å². The van der Waals surface area contributed by atoms with Crippen molar-refractivity contribution in [1.82, 2.24) is 14.6 Å². The summed E-state index contributed by atoms with van der Waals surface area (Å²) < 4.78 is 3.18. The Morgan fingerprint density at radius 2 is 1.96 bits per heavy atom. The van der Waals surface area contributed by atoms with E-state index in [-0.39, 0.29) is 5.56 Å². The van der Waals surface area contributed by atoms with Crippen molar-refractivity contribution in [3.8, 4) is 11.4 Å². The maximum Gasteiger partial charge on any atom is 0.276 e. The molecule has 4 rings (SSSR count). The van der Waals surface area contributed by atoms with Gasteiger partial charge in [0.2, 0.25) is 4.96 Å². The molecule has 0 atom stereocenters. The molecular formula is C18H12BrN3OS. The Labute approximate surface area is 150 Å². The Kier molecular flexibility index (Phi) is 3.78. The van der Waals surface area contributed by atoms with Gasteiger partial charge in [0.15, 0.2) is 5.82 Å². The standard InChI is InChI=1S/C18H12BrN3OS/c1-11-5-4-7-13(9-11)16-20-21-18-22(16)17(23)15(24-18)10-12-6-2-3-8-14(12)19/h2-10H,1H3. The lowest BCUT2D eigenvalue weighted by Crippen LogP contribution is -2.23. The lowest BCUT2D eigenvalue weighted by molar-refractivity contribution is 1.09. The van der Waals surface area contributed by atoms with Crippen LogP contribution in [-0.2, 0) is 0 Å². The van der Waals surface area contributed by atoms with Crippen molar-refractivity contribution in [2.45, 2.75) is 6.92 Å². The van der Waals surface area contributed by atoms with Crippen LogP contribution in [0.3, 0.4) is 0 Å². The molecule has 0 unspecified atom stereocenters. The molecule has 6 heteroatoms. The van der Waals surface area contributed by atoms with Crippen LogP contribution in [0.15, 0.2) is 57.8 Å². The second kappa shape index (κ2) is 5.96. The third kappa shape index (κ3) is 2.57. The van der Waals surface area contributed by atoms with Gasteiger partial charge >= 0.3 is 0 Å². The van der Waals surface area contributed by atoms with Crippen LogP contribution >= 0.6 is 27.3 Å². The van der Waals surface area contributed by atoms with Crippen molar-refractivity contribution in [2.24, 2.45) is 0 Å². The summed E-state index contributed by atoms with van der Waals surface area (Å²) in [7, 11) is 0. The van der Waals surface area contributed by atoms with Crippen LogP contribution in [0.5, 0.6) is 0 Å². The zero-order valence-corrected chi connectivity index (χ0v) is 15.1. The third-order valence-electron chi connectivity index (χ3n) is 3.72. The molecule has 0 aliphatic rings. The second-order valence-corrected chi connectivity index (χ2v) is 7.31. The lowest BCUT2D eigenvalue weighted by Gasteiger charge is -1.98. The van der Waals surface area contributed by atoms with Gasteiger partial charge in [-0.1, -0.05) is 69.2 Å². The number of hydrogen-bond acceptors (Lipinski definition) is 4. The van der Waals surface area contributed by atoms with Crippen LogP contribution in [0.2, 0.25) is 0 Å². The minimum atomic E-state index is -0.0905. The number of rotatable bonds is 2. The Balaban J connectivity index is 1.95. The number of nitrogens with zero attached hydrogens (tertiary/aromatic N) is 3. The molecule has 4 aromatic rings. The van der Waals surface area contributed by atoms with Crippen LogP contribution in [0.25, 0.3) is 22.4 Å². The fourth-order valence-electron chi connectivity index (χ4n) is 2.57. The van der Waals surface area contributed by atoms with E-state index in [1.54, 1.807) is 4.40 Å². The fraction of sp³-hybridized carbons (Fsp3) is 0.0556. The van der Waals surface area contributed by atoms with Crippen LogP contribution in [0, 0.1) is 6.92 Å². The highest BCUT2D eigenvalue weighted by molar-refractivity contribution is 9.10. The predicted molar refractivity (Wildman–Crippen MR) is 100 cm³/mol. The van der Waals surface area contributed by atoms with Crippen LogP contribution in [-0.4, -0.2) is 14.6 Å². The zero-order chi connectivity index (χ0) is 16.7. The first kappa shape index (κ1) is 15.2. The van der Waals surface area contributed by atoms with E-state index < -0.39 is 0 Å². The highest BCUT2D eigenvalue weighted by Crippen LogP contribution is 2.19. The summed E-state index contributed by atoms with van der Waals surface area (Å²) in [6.07, 6.45) is 1.88. The van der Waals surface area contributed by atoms with E-state index in [0.717, 1.165) is 21.2 Å². The largest absolute Gasteiger partial charge is 0.276 e. The molecule has 0 spiro atoms. The molecule has 0 bridgehead atoms. The summed E-state index contributed by atoms with van der Waals surface area (Å²) in [5.41, 5.74) is 2.88. The molecule has 0 aliphatic carbocycles. The van der Waals surface area contributed by atoms with Gasteiger partial charge in [0.05, 0.1) is 4.53 Å². The van der Waals surface area contributed by atoms with Crippen LogP contribution < -0.4 is 10.1 Å². The predicted octanol–water partition coefficient (Wildman–Crippen LogP) is 3.44. The van der Waals surface area contributed by atoms with Gasteiger partial charge in [-0.05, 0) is 30.7 Å². The summed E-state index contributed by atoms with van der Waals surface area (Å²) in [6, 6.07) is 15.7. The van der Waals surface area contributed by atoms with E-state index in [1.807, 2.05) is 61.5 Å². The van der Waals surface area contributed by atoms with Gasteiger partial charge in [0.1, 0.15) is 0 Å². The number of aryl methyl sites for hydroxylation is 1. The lowest BCUT2D eigenvalue weighted by atomic mass is 10.1. The van der Waals surface area contributed by atoms with Crippen molar-refractivity contribution in [3.05, 3.63) is 79.0 Å². The summed E-state index contributed by atoms with van der Waals surface area (Å²) >= 11 is 4.86. The van der Waals surface area contributed by atoms with Gasteiger partial charge in [0, 0.05) is 10.0 Å². The fourth-order valence-corrected chi connectivity index (χ4v) is 3.87. The molecule has 2 heterocycles. The molecule has 0 fully saturated rings. The van der Waals surface area contributed by atoms with Gasteiger partial charge in [0.25, 0.3) is 5.56 Å². The normalized spacial score (nSPS) is 12.2. The van der Waals surface area contributed by atoms with Gasteiger partial charge < -0.3 is 0 Å². The molecule has 0 aliphatic heterocycles. The monoisotopic (exact) mass is 397 g/mol. The molecule has 24 heavy (non-hydrogen) atoms. The minimum absolute atomic E-state index is 0.0905. The van der Waals surface area contributed by atoms with Crippen molar-refractivity contribution in [3.63, 3.8) is 0 Å². The maximum absolute atomic E-state index is 12.8. The average Bonchev–Trinajstić information content (AvgIpc) is 3.11. The molecule has 2 aromatic heterocycles. The molecule has 118 valence electrons. The molecule has 0 amide bonds. The number of benzene rings is 2. The van der Waals surface area contributed by atoms with Crippen molar-refractivity contribution < 1.29 is 0 Å². The quantitative estimate of drug-likeness (QED) is 0.520. The maximum atomic E-state index is 12.8. The minimum Gasteiger partial charge on any atom is -0.267 e. The Morgan fingerprint density at radius 3 is 2.75 bits per heavy atom. The van der Waals surface area contributed by atoms with Crippen LogP contribution in [0.4, 0.5) is 0 Å². The van der Waals surface area contributed by atoms with E-state index in [1.165, 1.54) is 11.3 Å². The van der Waals surface area contributed by atoms with Gasteiger partial charge in [-0.3, -0.25) is 4.79 Å². The number of hydrogen-bond donors (Lipinski definition) is 0. The first-order valence-electron chi connectivity index (χ1n) is 7.35. The number of fused-ring (bicyclic) bond motifs is 1. The molecular weight excluding hydrogens is 386 g/mol. The van der Waals surface area contributed by atoms with Gasteiger partial charge in [-0.15, -0.1) is 10.2 Å². The highest BCUT2D eigenvalue weighted by Gasteiger charge is 2.14. The highest BCUT2D eigenvalue weighted by atomic mass is 79.9. The van der Waals surface area contributed by atoms with E-state index in [9.17, 15) is 4.79 Å². The first-order chi connectivity index (χ1) is 11.6. The Morgan fingerprint density at radius 1 is 1.12 bits per heavy atom. The van der Waals surface area contributed by atoms with Crippen molar-refractivity contribution in [1.29, 1.82) is 0 Å². The molecule has 0 saturated carbocycles. The van der Waals surface area contributed by atoms with Crippen LogP contribution in [0.1, 0.15) is 11.1 Å². The molecule has 0 radical (unpaired) electrons. The molecule has 0 N–H and O–H groups in total. The Hall–Kier alpha value is -2.31. The summed E-state index contributed by atoms with van der Waals surface area (Å²) in [5.74, 6) is 0.585. The second-order valence-electron chi connectivity index (χ2n) is 5.45. The number of halogens is 1. The summed E-state index contributed by atoms with van der Waals surface area (Å²) in [6.45, 7) is 2.01. The van der Waals surface area contributed by atoms with E-state index in [2.05, 4.69) is 26.1 Å². The number of thiazole rings is 1. The van der Waals surface area contributed by atoms with Gasteiger partial charge in [-0.2, -0.15) is 0 Å². The third-order valence-corrected chi connectivity index (χ3v) is 5.40. The average molecular weight is 398 g/mol. The van der Waals surface area contributed by atoms with Crippen molar-refractivity contribution in [2.75, 3.05) is 0 Å². The summed E-state index contributed by atoms with van der Waals surface area (Å²) in [5, 5.41) is 8.36. The van der Waals surface area contributed by atoms with E-state index in [0.29, 0.717) is 15.3 Å². The topological polar surface area (TPSA) is 47.3 Å². The SMILES string of the molecule is Cc1cccc(-c2nnc3sc(=Cc4ccccc4Br)c(=O)n23)c1. The zero-order valence-electron chi connectivity index (χ0n) is 12.7. The smallest absolute Gasteiger partial charge is 0.267 e.